The molecule has 3 aliphatic rings. The van der Waals surface area contributed by atoms with Crippen LogP contribution in [0.5, 0.6) is 5.75 Å². The zero-order valence-corrected chi connectivity index (χ0v) is 19.3. The summed E-state index contributed by atoms with van der Waals surface area (Å²) >= 11 is 6.23. The maximum atomic E-state index is 13.4. The van der Waals surface area contributed by atoms with Crippen LogP contribution in [0.25, 0.3) is 0 Å². The highest BCUT2D eigenvalue weighted by atomic mass is 35.5. The minimum Gasteiger partial charge on any atom is -0.504 e. The summed E-state index contributed by atoms with van der Waals surface area (Å²) in [5, 5.41) is 15.6. The Morgan fingerprint density at radius 3 is 2.45 bits per heavy atom. The van der Waals surface area contributed by atoms with Gasteiger partial charge in [0.1, 0.15) is 4.90 Å². The van der Waals surface area contributed by atoms with Crippen LogP contribution in [0.1, 0.15) is 51.9 Å². The van der Waals surface area contributed by atoms with Crippen molar-refractivity contribution in [1.29, 1.82) is 0 Å². The van der Waals surface area contributed by atoms with Crippen molar-refractivity contribution in [2.75, 3.05) is 18.4 Å². The second-order valence-corrected chi connectivity index (χ2v) is 11.4. The average Bonchev–Trinajstić information content (AvgIpc) is 3.07. The molecule has 2 fully saturated rings. The molecule has 2 amide bonds. The van der Waals surface area contributed by atoms with Crippen LogP contribution in [0, 0.1) is 0 Å². The van der Waals surface area contributed by atoms with Crippen molar-refractivity contribution < 1.29 is 18.3 Å². The highest BCUT2D eigenvalue weighted by Crippen LogP contribution is 2.41. The predicted molar refractivity (Wildman–Crippen MR) is 121 cm³/mol. The van der Waals surface area contributed by atoms with Crippen LogP contribution in [-0.4, -0.2) is 54.9 Å². The van der Waals surface area contributed by atoms with Crippen LogP contribution in [-0.2, 0) is 9.84 Å². The van der Waals surface area contributed by atoms with E-state index in [1.54, 1.807) is 0 Å². The number of rotatable bonds is 5. The molecule has 1 heterocycles. The fourth-order valence-electron chi connectivity index (χ4n) is 4.86. The zero-order chi connectivity index (χ0) is 22.2. The number of urea groups is 1. The number of aromatic hydroxyl groups is 1. The molecule has 7 nitrogen and oxygen atoms in total. The van der Waals surface area contributed by atoms with Crippen molar-refractivity contribution in [2.24, 2.45) is 0 Å². The summed E-state index contributed by atoms with van der Waals surface area (Å²) in [5.41, 5.74) is 1.13. The maximum Gasteiger partial charge on any atom is 0.319 e. The number of hydrogen-bond acceptors (Lipinski definition) is 5. The van der Waals surface area contributed by atoms with E-state index in [2.05, 4.69) is 21.6 Å². The number of carbonyl (C=O) groups is 1. The van der Waals surface area contributed by atoms with E-state index in [1.807, 2.05) is 6.92 Å². The van der Waals surface area contributed by atoms with Gasteiger partial charge in [-0.05, 0) is 77.1 Å². The smallest absolute Gasteiger partial charge is 0.319 e. The third-order valence-corrected chi connectivity index (χ3v) is 9.64. The van der Waals surface area contributed by atoms with Crippen LogP contribution in [0.2, 0.25) is 5.02 Å². The lowest BCUT2D eigenvalue weighted by Gasteiger charge is -2.41. The molecule has 1 aromatic rings. The van der Waals surface area contributed by atoms with Crippen molar-refractivity contribution in [3.63, 3.8) is 0 Å². The van der Waals surface area contributed by atoms with Crippen molar-refractivity contribution in [2.45, 2.75) is 74.1 Å². The highest BCUT2D eigenvalue weighted by molar-refractivity contribution is 7.92. The number of hydrogen-bond donors (Lipinski definition) is 3. The van der Waals surface area contributed by atoms with E-state index in [0.29, 0.717) is 18.9 Å². The Morgan fingerprint density at radius 2 is 1.87 bits per heavy atom. The first kappa shape index (κ1) is 22.4. The summed E-state index contributed by atoms with van der Waals surface area (Å²) in [6.07, 6.45) is 7.78. The summed E-state index contributed by atoms with van der Waals surface area (Å²) < 4.78 is 26.7. The number of phenolic OH excluding ortho intramolecular Hbond substituents is 1. The number of allylic oxidation sites excluding steroid dienone is 1. The quantitative estimate of drug-likeness (QED) is 0.448. The highest BCUT2D eigenvalue weighted by Gasteiger charge is 2.38. The van der Waals surface area contributed by atoms with Crippen molar-refractivity contribution >= 4 is 33.2 Å². The van der Waals surface area contributed by atoms with E-state index in [-0.39, 0.29) is 21.6 Å². The van der Waals surface area contributed by atoms with E-state index >= 15 is 0 Å². The van der Waals surface area contributed by atoms with Crippen LogP contribution < -0.4 is 10.6 Å². The van der Waals surface area contributed by atoms with E-state index in [9.17, 15) is 18.3 Å². The first-order chi connectivity index (χ1) is 14.8. The number of halogens is 1. The van der Waals surface area contributed by atoms with E-state index in [0.717, 1.165) is 44.3 Å². The Morgan fingerprint density at radius 1 is 1.16 bits per heavy atom. The third-order valence-electron chi connectivity index (χ3n) is 6.88. The molecule has 0 bridgehead atoms. The Labute approximate surface area is 188 Å². The number of anilines is 1. The first-order valence-electron chi connectivity index (χ1n) is 11.0. The van der Waals surface area contributed by atoms with Gasteiger partial charge in [-0.25, -0.2) is 13.2 Å². The Kier molecular flexibility index (Phi) is 6.51. The monoisotopic (exact) mass is 467 g/mol. The molecule has 0 spiro atoms. The van der Waals surface area contributed by atoms with Gasteiger partial charge in [0.15, 0.2) is 15.6 Å². The van der Waals surface area contributed by atoms with Crippen LogP contribution >= 0.6 is 11.6 Å². The van der Waals surface area contributed by atoms with Gasteiger partial charge in [0.05, 0.1) is 22.0 Å². The number of likely N-dealkylation sites (tertiary alicyclic amines) is 1. The molecular formula is C22H30ClN3O4S. The standard InChI is InChI=1S/C22H30ClN3O4S/c1-14-4-2-5-18(14)24-22(28)25-19-11-10-17(23)21(20(19)27)31(29,30)16-8-6-15(7-9-16)26-12-3-13-26/h4,10-11,15-16,18,27H,2-3,5-9,12-13H2,1H3,(H2,24,25,28)/t15-,16-,18?. The van der Waals surface area contributed by atoms with Crippen LogP contribution in [0.15, 0.2) is 28.7 Å². The molecule has 1 atom stereocenters. The molecule has 1 unspecified atom stereocenters. The molecule has 0 radical (unpaired) electrons. The fourth-order valence-corrected chi connectivity index (χ4v) is 7.28. The minimum absolute atomic E-state index is 0.0251. The Bertz CT molecular complexity index is 983. The second kappa shape index (κ2) is 9.00. The molecule has 1 aliphatic heterocycles. The molecule has 1 saturated carbocycles. The molecular weight excluding hydrogens is 438 g/mol. The number of carbonyl (C=O) groups excluding carboxylic acids is 1. The van der Waals surface area contributed by atoms with Gasteiger partial charge in [-0.15, -0.1) is 0 Å². The number of nitrogens with one attached hydrogen (secondary N) is 2. The average molecular weight is 468 g/mol. The molecule has 1 aromatic carbocycles. The van der Waals surface area contributed by atoms with Gasteiger partial charge in [0.2, 0.25) is 0 Å². The number of sulfone groups is 1. The molecule has 0 aromatic heterocycles. The lowest BCUT2D eigenvalue weighted by molar-refractivity contribution is 0.0918. The lowest BCUT2D eigenvalue weighted by atomic mass is 9.92. The minimum atomic E-state index is -3.83. The van der Waals surface area contributed by atoms with E-state index in [1.165, 1.54) is 18.6 Å². The molecule has 31 heavy (non-hydrogen) atoms. The third kappa shape index (κ3) is 4.56. The Hall–Kier alpha value is -1.77. The van der Waals surface area contributed by atoms with Crippen LogP contribution in [0.3, 0.4) is 0 Å². The van der Waals surface area contributed by atoms with Gasteiger partial charge in [-0.2, -0.15) is 0 Å². The number of phenols is 1. The van der Waals surface area contributed by atoms with Gasteiger partial charge in [-0.1, -0.05) is 23.3 Å². The second-order valence-electron chi connectivity index (χ2n) is 8.81. The van der Waals surface area contributed by atoms with Crippen molar-refractivity contribution in [3.8, 4) is 5.75 Å². The van der Waals surface area contributed by atoms with Crippen molar-refractivity contribution in [1.82, 2.24) is 10.2 Å². The molecule has 2 aliphatic carbocycles. The van der Waals surface area contributed by atoms with E-state index < -0.39 is 26.9 Å². The zero-order valence-electron chi connectivity index (χ0n) is 17.7. The van der Waals surface area contributed by atoms with E-state index in [4.69, 9.17) is 11.6 Å². The van der Waals surface area contributed by atoms with Gasteiger partial charge in [-0.3, -0.25) is 0 Å². The molecule has 9 heteroatoms. The van der Waals surface area contributed by atoms with Gasteiger partial charge < -0.3 is 20.6 Å². The number of benzene rings is 1. The summed E-state index contributed by atoms with van der Waals surface area (Å²) in [4.78, 5) is 14.5. The SMILES string of the molecule is CC1=CCCC1NC(=O)Nc1ccc(Cl)c(S(=O)(=O)[C@H]2CC[C@H](N3CCC3)CC2)c1O. The number of amides is 2. The molecule has 3 N–H and O–H groups in total. The summed E-state index contributed by atoms with van der Waals surface area (Å²) in [7, 11) is -3.83. The molecule has 170 valence electrons. The normalized spacial score (nSPS) is 26.8. The summed E-state index contributed by atoms with van der Waals surface area (Å²) in [6, 6.07) is 2.74. The number of nitrogens with zero attached hydrogens (tertiary/aromatic N) is 1. The predicted octanol–water partition coefficient (Wildman–Crippen LogP) is 4.07. The maximum absolute atomic E-state index is 13.4. The van der Waals surface area contributed by atoms with Gasteiger partial charge >= 0.3 is 6.03 Å². The first-order valence-corrected chi connectivity index (χ1v) is 12.9. The van der Waals surface area contributed by atoms with Gasteiger partial charge in [0, 0.05) is 6.04 Å². The van der Waals surface area contributed by atoms with Gasteiger partial charge in [0.25, 0.3) is 0 Å². The van der Waals surface area contributed by atoms with Crippen molar-refractivity contribution in [3.05, 3.63) is 28.8 Å². The summed E-state index contributed by atoms with van der Waals surface area (Å²) in [6.45, 7) is 4.15. The topological polar surface area (TPSA) is 98.7 Å². The Balaban J connectivity index is 1.48. The molecule has 1 saturated heterocycles. The van der Waals surface area contributed by atoms with Crippen LogP contribution in [0.4, 0.5) is 10.5 Å². The summed E-state index contributed by atoms with van der Waals surface area (Å²) in [5.74, 6) is -0.494. The molecule has 4 rings (SSSR count). The largest absolute Gasteiger partial charge is 0.504 e. The fraction of sp³-hybridized carbons (Fsp3) is 0.591. The lowest BCUT2D eigenvalue weighted by Crippen LogP contribution is -2.47.